The highest BCUT2D eigenvalue weighted by atomic mass is 16.4. The maximum atomic E-state index is 12.0. The zero-order chi connectivity index (χ0) is 16.3. The Bertz CT molecular complexity index is 689. The molecule has 0 fully saturated rings. The minimum Gasteiger partial charge on any atom is -0.479 e. The second kappa shape index (κ2) is 5.97. The van der Waals surface area contributed by atoms with Gasteiger partial charge in [0.2, 0.25) is 5.91 Å². The highest BCUT2D eigenvalue weighted by molar-refractivity contribution is 5.92. The number of amides is 1. The van der Waals surface area contributed by atoms with Gasteiger partial charge in [0.05, 0.1) is 18.3 Å². The van der Waals surface area contributed by atoms with E-state index in [1.807, 2.05) is 19.1 Å². The second-order valence-electron chi connectivity index (χ2n) is 5.57. The van der Waals surface area contributed by atoms with Crippen molar-refractivity contribution >= 4 is 17.6 Å². The molecule has 0 spiro atoms. The summed E-state index contributed by atoms with van der Waals surface area (Å²) in [6.45, 7) is 4.94. The van der Waals surface area contributed by atoms with Gasteiger partial charge in [-0.2, -0.15) is 5.10 Å². The van der Waals surface area contributed by atoms with Crippen molar-refractivity contribution in [3.63, 3.8) is 0 Å². The lowest BCUT2D eigenvalue weighted by atomic mass is 10.1. The molecule has 2 rings (SSSR count). The van der Waals surface area contributed by atoms with Crippen LogP contribution < -0.4 is 5.32 Å². The number of carbonyl (C=O) groups is 2. The lowest BCUT2D eigenvalue weighted by Gasteiger charge is -2.19. The largest absolute Gasteiger partial charge is 0.479 e. The van der Waals surface area contributed by atoms with E-state index in [9.17, 15) is 9.59 Å². The van der Waals surface area contributed by atoms with E-state index in [2.05, 4.69) is 15.4 Å². The molecule has 7 heteroatoms. The van der Waals surface area contributed by atoms with Gasteiger partial charge in [0.1, 0.15) is 0 Å². The number of hydrogen-bond acceptors (Lipinski definition) is 4. The maximum absolute atomic E-state index is 12.0. The van der Waals surface area contributed by atoms with E-state index in [1.54, 1.807) is 6.20 Å². The quantitative estimate of drug-likeness (QED) is 0.874. The van der Waals surface area contributed by atoms with Crippen LogP contribution in [0.4, 0.5) is 5.69 Å². The van der Waals surface area contributed by atoms with E-state index >= 15 is 0 Å². The number of pyridine rings is 1. The first-order chi connectivity index (χ1) is 10.3. The van der Waals surface area contributed by atoms with E-state index in [1.165, 1.54) is 30.9 Å². The van der Waals surface area contributed by atoms with Gasteiger partial charge in [0.25, 0.3) is 0 Å². The first-order valence-electron chi connectivity index (χ1n) is 6.79. The minimum absolute atomic E-state index is 0.195. The molecule has 0 saturated carbocycles. The van der Waals surface area contributed by atoms with Gasteiger partial charge < -0.3 is 10.4 Å². The number of carboxylic acid groups (broad SMARTS) is 1. The predicted octanol–water partition coefficient (Wildman–Crippen LogP) is 1.59. The van der Waals surface area contributed by atoms with Crippen LogP contribution in [0.5, 0.6) is 0 Å². The number of aromatic nitrogens is 3. The molecule has 22 heavy (non-hydrogen) atoms. The maximum Gasteiger partial charge on any atom is 0.331 e. The highest BCUT2D eigenvalue weighted by Crippen LogP contribution is 2.17. The Balaban J connectivity index is 2.02. The average Bonchev–Trinajstić information content (AvgIpc) is 2.90. The Hall–Kier alpha value is -2.70. The SMILES string of the molecule is Cc1ccc(CC(=O)Nc2cnn(C(C)(C)C(=O)O)c2)cn1. The molecule has 2 aromatic heterocycles. The Morgan fingerprint density at radius 1 is 1.32 bits per heavy atom. The van der Waals surface area contributed by atoms with Crippen LogP contribution in [0.15, 0.2) is 30.7 Å². The molecule has 2 N–H and O–H groups in total. The summed E-state index contributed by atoms with van der Waals surface area (Å²) < 4.78 is 1.30. The van der Waals surface area contributed by atoms with Gasteiger partial charge in [-0.05, 0) is 32.4 Å². The number of aliphatic carboxylic acids is 1. The van der Waals surface area contributed by atoms with Gasteiger partial charge >= 0.3 is 5.97 Å². The zero-order valence-corrected chi connectivity index (χ0v) is 12.7. The van der Waals surface area contributed by atoms with E-state index < -0.39 is 11.5 Å². The van der Waals surface area contributed by atoms with Crippen LogP contribution in [0.25, 0.3) is 0 Å². The molecule has 7 nitrogen and oxygen atoms in total. The Labute approximate surface area is 128 Å². The zero-order valence-electron chi connectivity index (χ0n) is 12.7. The number of nitrogens with zero attached hydrogens (tertiary/aromatic N) is 3. The standard InChI is InChI=1S/C15H18N4O3/c1-10-4-5-11(7-16-10)6-13(20)18-12-8-17-19(9-12)15(2,3)14(21)22/h4-5,7-9H,6H2,1-3H3,(H,18,20)(H,21,22). The third kappa shape index (κ3) is 3.49. The van der Waals surface area contributed by atoms with Gasteiger partial charge in [-0.3, -0.25) is 14.5 Å². The molecule has 0 unspecified atom stereocenters. The van der Waals surface area contributed by atoms with Crippen LogP contribution in [0.2, 0.25) is 0 Å². The Kier molecular flexibility index (Phi) is 4.25. The van der Waals surface area contributed by atoms with Crippen LogP contribution in [0.1, 0.15) is 25.1 Å². The molecule has 0 bridgehead atoms. The normalized spacial score (nSPS) is 11.2. The van der Waals surface area contributed by atoms with Gasteiger partial charge in [-0.1, -0.05) is 6.07 Å². The third-order valence-corrected chi connectivity index (χ3v) is 3.30. The first kappa shape index (κ1) is 15.7. The molecule has 0 radical (unpaired) electrons. The molecule has 1 amide bonds. The molecule has 2 heterocycles. The summed E-state index contributed by atoms with van der Waals surface area (Å²) in [5, 5.41) is 15.8. The summed E-state index contributed by atoms with van der Waals surface area (Å²) >= 11 is 0. The monoisotopic (exact) mass is 302 g/mol. The van der Waals surface area contributed by atoms with Gasteiger partial charge in [0, 0.05) is 18.1 Å². The van der Waals surface area contributed by atoms with Crippen molar-refractivity contribution in [1.82, 2.24) is 14.8 Å². The van der Waals surface area contributed by atoms with Gasteiger partial charge in [-0.25, -0.2) is 4.79 Å². The molecular weight excluding hydrogens is 284 g/mol. The van der Waals surface area contributed by atoms with Crippen LogP contribution in [-0.2, 0) is 21.5 Å². The van der Waals surface area contributed by atoms with Crippen molar-refractivity contribution in [2.45, 2.75) is 32.7 Å². The Morgan fingerprint density at radius 2 is 2.05 bits per heavy atom. The van der Waals surface area contributed by atoms with Crippen LogP contribution in [0.3, 0.4) is 0 Å². The first-order valence-corrected chi connectivity index (χ1v) is 6.79. The summed E-state index contributed by atoms with van der Waals surface area (Å²) in [7, 11) is 0. The van der Waals surface area contributed by atoms with Gasteiger partial charge in [-0.15, -0.1) is 0 Å². The lowest BCUT2D eigenvalue weighted by molar-refractivity contribution is -0.146. The minimum atomic E-state index is -1.18. The van der Waals surface area contributed by atoms with Crippen LogP contribution >= 0.6 is 0 Å². The summed E-state index contributed by atoms with van der Waals surface area (Å²) in [4.78, 5) is 27.3. The van der Waals surface area contributed by atoms with Crippen molar-refractivity contribution in [1.29, 1.82) is 0 Å². The number of carbonyl (C=O) groups excluding carboxylic acids is 1. The van der Waals surface area contributed by atoms with Crippen LogP contribution in [-0.4, -0.2) is 31.7 Å². The number of anilines is 1. The Morgan fingerprint density at radius 3 is 2.64 bits per heavy atom. The number of hydrogen-bond donors (Lipinski definition) is 2. The topological polar surface area (TPSA) is 97.1 Å². The third-order valence-electron chi connectivity index (χ3n) is 3.30. The molecule has 0 aliphatic heterocycles. The average molecular weight is 302 g/mol. The fourth-order valence-electron chi connectivity index (χ4n) is 1.78. The molecule has 116 valence electrons. The molecule has 0 aliphatic rings. The summed E-state index contributed by atoms with van der Waals surface area (Å²) in [5.41, 5.74) is 0.978. The van der Waals surface area contributed by atoms with Crippen LogP contribution in [0, 0.1) is 6.92 Å². The van der Waals surface area contributed by atoms with Crippen molar-refractivity contribution < 1.29 is 14.7 Å². The molecule has 0 aliphatic carbocycles. The molecule has 2 aromatic rings. The van der Waals surface area contributed by atoms with Gasteiger partial charge in [0.15, 0.2) is 5.54 Å². The number of nitrogens with one attached hydrogen (secondary N) is 1. The number of rotatable bonds is 5. The highest BCUT2D eigenvalue weighted by Gasteiger charge is 2.30. The fourth-order valence-corrected chi connectivity index (χ4v) is 1.78. The summed E-state index contributed by atoms with van der Waals surface area (Å²) in [6.07, 6.45) is 4.78. The molecule has 0 atom stereocenters. The predicted molar refractivity (Wildman–Crippen MR) is 80.5 cm³/mol. The smallest absolute Gasteiger partial charge is 0.331 e. The summed E-state index contributed by atoms with van der Waals surface area (Å²) in [5.74, 6) is -1.21. The van der Waals surface area contributed by atoms with E-state index in [0.29, 0.717) is 5.69 Å². The van der Waals surface area contributed by atoms with E-state index in [0.717, 1.165) is 11.3 Å². The number of carboxylic acids is 1. The fraction of sp³-hybridized carbons (Fsp3) is 0.333. The van der Waals surface area contributed by atoms with E-state index in [4.69, 9.17) is 5.11 Å². The second-order valence-corrected chi connectivity index (χ2v) is 5.57. The lowest BCUT2D eigenvalue weighted by Crippen LogP contribution is -2.35. The van der Waals surface area contributed by atoms with Crippen molar-refractivity contribution in [2.75, 3.05) is 5.32 Å². The summed E-state index contributed by atoms with van der Waals surface area (Å²) in [6, 6.07) is 3.69. The van der Waals surface area contributed by atoms with Crippen molar-refractivity contribution in [2.24, 2.45) is 0 Å². The molecular formula is C15H18N4O3. The molecule has 0 aromatic carbocycles. The van der Waals surface area contributed by atoms with Crippen molar-refractivity contribution in [3.05, 3.63) is 42.0 Å². The number of aryl methyl sites for hydroxylation is 1. The van der Waals surface area contributed by atoms with E-state index in [-0.39, 0.29) is 12.3 Å². The van der Waals surface area contributed by atoms with Crippen molar-refractivity contribution in [3.8, 4) is 0 Å². The molecule has 0 saturated heterocycles.